The second kappa shape index (κ2) is 7.18. The summed E-state index contributed by atoms with van der Waals surface area (Å²) in [4.78, 5) is 19.7. The number of nitrogens with zero attached hydrogens (tertiary/aromatic N) is 1. The van der Waals surface area contributed by atoms with E-state index in [1.807, 2.05) is 23.5 Å². The number of aromatic nitrogens is 2. The number of halogens is 1. The Morgan fingerprint density at radius 1 is 1.37 bits per heavy atom. The molecule has 1 N–H and O–H groups in total. The van der Waals surface area contributed by atoms with Crippen molar-refractivity contribution in [3.05, 3.63) is 26.3 Å². The molecule has 0 spiro atoms. The third kappa shape index (κ3) is 3.58. The monoisotopic (exact) mass is 362 g/mol. The minimum absolute atomic E-state index is 0.0422. The molecular weight excluding hydrogens is 344 g/mol. The number of aryl methyl sites for hydroxylation is 1. The van der Waals surface area contributed by atoms with Crippen molar-refractivity contribution in [2.24, 2.45) is 0 Å². The Balaban J connectivity index is 2.35. The molecule has 0 aliphatic carbocycles. The van der Waals surface area contributed by atoms with Crippen molar-refractivity contribution in [2.45, 2.75) is 43.6 Å². The Hall–Kier alpha value is 0.0600. The molecule has 1 saturated heterocycles. The van der Waals surface area contributed by atoms with Crippen LogP contribution in [0.15, 0.2) is 9.27 Å². The molecule has 0 amide bonds. The lowest BCUT2D eigenvalue weighted by Gasteiger charge is -2.29. The number of aromatic amines is 1. The van der Waals surface area contributed by atoms with E-state index in [1.54, 1.807) is 0 Å². The maximum Gasteiger partial charge on any atom is 0.265 e. The van der Waals surface area contributed by atoms with E-state index in [-0.39, 0.29) is 5.56 Å². The van der Waals surface area contributed by atoms with Gasteiger partial charge in [-0.3, -0.25) is 4.79 Å². The lowest BCUT2D eigenvalue weighted by atomic mass is 10.2. The fourth-order valence-electron chi connectivity index (χ4n) is 2.22. The van der Waals surface area contributed by atoms with Crippen molar-refractivity contribution in [1.82, 2.24) is 9.97 Å². The fraction of sp³-hybridized carbons (Fsp3) is 0.692. The van der Waals surface area contributed by atoms with Crippen LogP contribution in [0.4, 0.5) is 0 Å². The molecule has 1 fully saturated rings. The molecule has 6 heteroatoms. The van der Waals surface area contributed by atoms with Gasteiger partial charge in [-0.2, -0.15) is 11.8 Å². The molecule has 0 saturated carbocycles. The van der Waals surface area contributed by atoms with Gasteiger partial charge in [0.2, 0.25) is 0 Å². The third-order valence-corrected chi connectivity index (χ3v) is 7.23. The summed E-state index contributed by atoms with van der Waals surface area (Å²) >= 11 is 7.28. The summed E-state index contributed by atoms with van der Waals surface area (Å²) in [7, 11) is 0. The number of thioether (sulfide) groups is 2. The minimum Gasteiger partial charge on any atom is -0.309 e. The van der Waals surface area contributed by atoms with Gasteiger partial charge in [0.05, 0.1) is 10.9 Å². The van der Waals surface area contributed by atoms with Crippen LogP contribution < -0.4 is 5.56 Å². The number of nitrogens with one attached hydrogen (secondary N) is 1. The Kier molecular flexibility index (Phi) is 5.84. The Morgan fingerprint density at radius 2 is 2.11 bits per heavy atom. The predicted molar refractivity (Wildman–Crippen MR) is 88.3 cm³/mol. The quantitative estimate of drug-likeness (QED) is 0.884. The first kappa shape index (κ1) is 15.4. The lowest BCUT2D eigenvalue weighted by Crippen LogP contribution is -2.24. The maximum absolute atomic E-state index is 12.0. The number of H-pyrrole nitrogens is 1. The van der Waals surface area contributed by atoms with Crippen LogP contribution in [0.3, 0.4) is 0 Å². The summed E-state index contributed by atoms with van der Waals surface area (Å²) in [6.07, 6.45) is 2.96. The van der Waals surface area contributed by atoms with Crippen molar-refractivity contribution >= 4 is 39.5 Å². The van der Waals surface area contributed by atoms with E-state index in [0.29, 0.717) is 15.0 Å². The van der Waals surface area contributed by atoms with Crippen molar-refractivity contribution in [3.8, 4) is 0 Å². The van der Waals surface area contributed by atoms with Crippen LogP contribution >= 0.6 is 39.5 Å². The predicted octanol–water partition coefficient (Wildman–Crippen LogP) is 3.78. The number of hydrogen-bond donors (Lipinski definition) is 1. The average molecular weight is 363 g/mol. The van der Waals surface area contributed by atoms with Gasteiger partial charge in [-0.15, -0.1) is 11.8 Å². The highest BCUT2D eigenvalue weighted by molar-refractivity contribution is 9.10. The summed E-state index contributed by atoms with van der Waals surface area (Å²) in [6, 6.07) is 0. The van der Waals surface area contributed by atoms with Crippen LogP contribution in [0.2, 0.25) is 0 Å². The van der Waals surface area contributed by atoms with Gasteiger partial charge in [0, 0.05) is 16.8 Å². The topological polar surface area (TPSA) is 45.8 Å². The van der Waals surface area contributed by atoms with E-state index in [1.165, 1.54) is 5.75 Å². The first-order chi connectivity index (χ1) is 9.17. The summed E-state index contributed by atoms with van der Waals surface area (Å²) < 4.78 is 0.597. The highest BCUT2D eigenvalue weighted by Crippen LogP contribution is 2.42. The van der Waals surface area contributed by atoms with Gasteiger partial charge in [-0.05, 0) is 28.8 Å². The summed E-state index contributed by atoms with van der Waals surface area (Å²) in [5.41, 5.74) is 0.853. The fourth-order valence-corrected chi connectivity index (χ4v) is 5.62. The molecule has 0 aromatic carbocycles. The molecular formula is C13H19BrN2OS2. The molecule has 1 aliphatic heterocycles. The van der Waals surface area contributed by atoms with E-state index in [9.17, 15) is 4.79 Å². The van der Waals surface area contributed by atoms with Crippen LogP contribution in [0.1, 0.15) is 43.5 Å². The first-order valence-corrected chi connectivity index (χ1v) is 9.58. The highest BCUT2D eigenvalue weighted by Gasteiger charge is 2.29. The third-order valence-electron chi connectivity index (χ3n) is 3.16. The molecule has 2 heterocycles. The Morgan fingerprint density at radius 3 is 2.79 bits per heavy atom. The van der Waals surface area contributed by atoms with Gasteiger partial charge >= 0.3 is 0 Å². The number of rotatable bonds is 4. The molecule has 2 unspecified atom stereocenters. The molecule has 0 bridgehead atoms. The van der Waals surface area contributed by atoms with Crippen LogP contribution in [0.25, 0.3) is 0 Å². The van der Waals surface area contributed by atoms with E-state index in [0.717, 1.165) is 36.5 Å². The average Bonchev–Trinajstić information content (AvgIpc) is 2.43. The van der Waals surface area contributed by atoms with Crippen LogP contribution in [-0.4, -0.2) is 26.7 Å². The first-order valence-electron chi connectivity index (χ1n) is 6.69. The lowest BCUT2D eigenvalue weighted by molar-refractivity contribution is 0.726. The standard InChI is InChI=1S/C13H19BrN2OS2/c1-3-5-8-10(14)13(17)16-12(15-8)11-9(4-2)18-6-7-19-11/h9,11H,3-7H2,1-2H3,(H,15,16,17). The van der Waals surface area contributed by atoms with Gasteiger partial charge in [0.25, 0.3) is 5.56 Å². The Bertz CT molecular complexity index is 492. The van der Waals surface area contributed by atoms with Gasteiger partial charge in [0.1, 0.15) is 10.3 Å². The van der Waals surface area contributed by atoms with E-state index in [2.05, 4.69) is 34.8 Å². The van der Waals surface area contributed by atoms with Crippen LogP contribution in [-0.2, 0) is 6.42 Å². The molecule has 1 aromatic rings. The molecule has 1 aromatic heterocycles. The van der Waals surface area contributed by atoms with Crippen molar-refractivity contribution in [2.75, 3.05) is 11.5 Å². The molecule has 19 heavy (non-hydrogen) atoms. The second-order valence-electron chi connectivity index (χ2n) is 4.57. The van der Waals surface area contributed by atoms with Crippen molar-refractivity contribution < 1.29 is 0 Å². The molecule has 0 radical (unpaired) electrons. The second-order valence-corrected chi connectivity index (χ2v) is 7.96. The zero-order chi connectivity index (χ0) is 13.8. The largest absolute Gasteiger partial charge is 0.309 e. The van der Waals surface area contributed by atoms with Gasteiger partial charge in [0.15, 0.2) is 0 Å². The number of hydrogen-bond acceptors (Lipinski definition) is 4. The molecule has 1 aliphatic rings. The maximum atomic E-state index is 12.0. The molecule has 3 nitrogen and oxygen atoms in total. The van der Waals surface area contributed by atoms with Crippen molar-refractivity contribution in [1.29, 1.82) is 0 Å². The van der Waals surface area contributed by atoms with E-state index < -0.39 is 0 Å². The van der Waals surface area contributed by atoms with E-state index >= 15 is 0 Å². The van der Waals surface area contributed by atoms with Gasteiger partial charge in [-0.25, -0.2) is 4.98 Å². The zero-order valence-corrected chi connectivity index (χ0v) is 14.5. The van der Waals surface area contributed by atoms with Crippen LogP contribution in [0.5, 0.6) is 0 Å². The summed E-state index contributed by atoms with van der Waals surface area (Å²) in [5, 5.41) is 0.873. The van der Waals surface area contributed by atoms with Crippen LogP contribution in [0, 0.1) is 0 Å². The Labute approximate surface area is 130 Å². The van der Waals surface area contributed by atoms with E-state index in [4.69, 9.17) is 4.98 Å². The van der Waals surface area contributed by atoms with Crippen molar-refractivity contribution in [3.63, 3.8) is 0 Å². The molecule has 106 valence electrons. The smallest absolute Gasteiger partial charge is 0.265 e. The normalized spacial score (nSPS) is 23.5. The summed E-state index contributed by atoms with van der Waals surface area (Å²) in [6.45, 7) is 4.31. The SMILES string of the molecule is CCCc1nc(C2SCCSC2CC)[nH]c(=O)c1Br. The summed E-state index contributed by atoms with van der Waals surface area (Å²) in [5.74, 6) is 3.19. The zero-order valence-electron chi connectivity index (χ0n) is 11.2. The highest BCUT2D eigenvalue weighted by atomic mass is 79.9. The molecule has 2 rings (SSSR count). The van der Waals surface area contributed by atoms with Gasteiger partial charge < -0.3 is 4.98 Å². The molecule has 2 atom stereocenters. The minimum atomic E-state index is -0.0422. The van der Waals surface area contributed by atoms with Gasteiger partial charge in [-0.1, -0.05) is 20.3 Å².